The lowest BCUT2D eigenvalue weighted by atomic mass is 10.1. The number of halogens is 2. The molecule has 0 aliphatic rings. The maximum Gasteiger partial charge on any atom is 0.130 e. The maximum absolute atomic E-state index is 9.58. The average Bonchev–Trinajstić information content (AvgIpc) is 2.32. The summed E-state index contributed by atoms with van der Waals surface area (Å²) in [5.74, 6) is 1.56. The van der Waals surface area contributed by atoms with Crippen LogP contribution in [0.2, 0.25) is 0 Å². The summed E-state index contributed by atoms with van der Waals surface area (Å²) >= 11 is 6.87. The first kappa shape index (κ1) is 14.6. The number of benzene rings is 2. The van der Waals surface area contributed by atoms with Crippen molar-refractivity contribution in [2.24, 2.45) is 0 Å². The minimum atomic E-state index is -0.502. The van der Waals surface area contributed by atoms with E-state index in [-0.39, 0.29) is 0 Å². The van der Waals surface area contributed by atoms with Gasteiger partial charge in [-0.05, 0) is 55.3 Å². The predicted octanol–water partition coefficient (Wildman–Crippen LogP) is 5.37. The van der Waals surface area contributed by atoms with Gasteiger partial charge in [0.05, 0.1) is 6.10 Å². The Bertz CT molecular complexity index is 595. The summed E-state index contributed by atoms with van der Waals surface area (Å²) in [7, 11) is 0. The Kier molecular flexibility index (Phi) is 4.66. The van der Waals surface area contributed by atoms with Crippen LogP contribution in [0.1, 0.15) is 24.2 Å². The minimum absolute atomic E-state index is 0.502. The molecule has 1 atom stereocenters. The van der Waals surface area contributed by atoms with E-state index >= 15 is 0 Å². The van der Waals surface area contributed by atoms with Crippen LogP contribution >= 0.6 is 31.9 Å². The second kappa shape index (κ2) is 6.07. The molecule has 0 saturated carbocycles. The highest BCUT2D eigenvalue weighted by Gasteiger charge is 2.08. The highest BCUT2D eigenvalue weighted by Crippen LogP contribution is 2.32. The predicted molar refractivity (Wildman–Crippen MR) is 83.7 cm³/mol. The molecule has 1 unspecified atom stereocenters. The van der Waals surface area contributed by atoms with Crippen LogP contribution < -0.4 is 4.74 Å². The first-order valence-corrected chi connectivity index (χ1v) is 7.47. The zero-order valence-electron chi connectivity index (χ0n) is 10.7. The SMILES string of the molecule is Cc1cc(Br)ccc1Oc1ccc(C(C)O)c(Br)c1. The van der Waals surface area contributed by atoms with Crippen molar-refractivity contribution in [3.63, 3.8) is 0 Å². The molecule has 0 aromatic heterocycles. The van der Waals surface area contributed by atoms with Crippen molar-refractivity contribution in [3.05, 3.63) is 56.5 Å². The van der Waals surface area contributed by atoms with Gasteiger partial charge in [0, 0.05) is 8.95 Å². The van der Waals surface area contributed by atoms with Crippen LogP contribution in [0.15, 0.2) is 45.3 Å². The molecule has 2 aromatic carbocycles. The molecular formula is C15H14Br2O2. The topological polar surface area (TPSA) is 29.5 Å². The smallest absolute Gasteiger partial charge is 0.130 e. The van der Waals surface area contributed by atoms with Crippen molar-refractivity contribution in [3.8, 4) is 11.5 Å². The van der Waals surface area contributed by atoms with Gasteiger partial charge in [-0.3, -0.25) is 0 Å². The van der Waals surface area contributed by atoms with Crippen molar-refractivity contribution < 1.29 is 9.84 Å². The third-order valence-electron chi connectivity index (χ3n) is 2.79. The van der Waals surface area contributed by atoms with E-state index in [0.717, 1.165) is 31.6 Å². The molecule has 4 heteroatoms. The van der Waals surface area contributed by atoms with Gasteiger partial charge >= 0.3 is 0 Å². The number of hydrogen-bond donors (Lipinski definition) is 1. The molecule has 0 aliphatic heterocycles. The Morgan fingerprint density at radius 3 is 2.42 bits per heavy atom. The molecule has 0 saturated heterocycles. The van der Waals surface area contributed by atoms with E-state index in [1.54, 1.807) is 6.92 Å². The fraction of sp³-hybridized carbons (Fsp3) is 0.200. The van der Waals surface area contributed by atoms with E-state index in [1.807, 2.05) is 43.3 Å². The molecule has 2 rings (SSSR count). The highest BCUT2D eigenvalue weighted by molar-refractivity contribution is 9.10. The van der Waals surface area contributed by atoms with Crippen LogP contribution in [0.5, 0.6) is 11.5 Å². The number of aliphatic hydroxyl groups excluding tert-OH is 1. The standard InChI is InChI=1S/C15H14Br2O2/c1-9-7-11(16)3-6-15(9)19-12-4-5-13(10(2)18)14(17)8-12/h3-8,10,18H,1-2H3. The fourth-order valence-electron chi connectivity index (χ4n) is 1.76. The maximum atomic E-state index is 9.58. The monoisotopic (exact) mass is 384 g/mol. The largest absolute Gasteiger partial charge is 0.457 e. The summed E-state index contributed by atoms with van der Waals surface area (Å²) in [5, 5.41) is 9.58. The first-order valence-electron chi connectivity index (χ1n) is 5.89. The van der Waals surface area contributed by atoms with Gasteiger partial charge in [-0.15, -0.1) is 0 Å². The molecule has 0 amide bonds. The first-order chi connectivity index (χ1) is 8.97. The van der Waals surface area contributed by atoms with Crippen molar-refractivity contribution in [2.45, 2.75) is 20.0 Å². The van der Waals surface area contributed by atoms with E-state index in [9.17, 15) is 5.11 Å². The molecule has 2 aromatic rings. The normalized spacial score (nSPS) is 12.3. The highest BCUT2D eigenvalue weighted by atomic mass is 79.9. The fourth-order valence-corrected chi connectivity index (χ4v) is 2.93. The van der Waals surface area contributed by atoms with Gasteiger partial charge in [-0.2, -0.15) is 0 Å². The van der Waals surface area contributed by atoms with Gasteiger partial charge in [-0.1, -0.05) is 37.9 Å². The lowest BCUT2D eigenvalue weighted by Gasteiger charge is -2.12. The second-order valence-electron chi connectivity index (χ2n) is 4.37. The van der Waals surface area contributed by atoms with Crippen LogP contribution in [0.4, 0.5) is 0 Å². The Hall–Kier alpha value is -0.840. The molecule has 0 aliphatic carbocycles. The third kappa shape index (κ3) is 3.59. The van der Waals surface area contributed by atoms with Gasteiger partial charge in [-0.25, -0.2) is 0 Å². The van der Waals surface area contributed by atoms with Crippen molar-refractivity contribution >= 4 is 31.9 Å². The molecule has 1 N–H and O–H groups in total. The quantitative estimate of drug-likeness (QED) is 0.769. The van der Waals surface area contributed by atoms with Gasteiger partial charge < -0.3 is 9.84 Å². The molecule has 0 fully saturated rings. The molecule has 19 heavy (non-hydrogen) atoms. The average molecular weight is 386 g/mol. The molecule has 0 heterocycles. The molecule has 0 spiro atoms. The second-order valence-corrected chi connectivity index (χ2v) is 6.14. The van der Waals surface area contributed by atoms with E-state index in [2.05, 4.69) is 31.9 Å². The van der Waals surface area contributed by atoms with E-state index in [0.29, 0.717) is 0 Å². The van der Waals surface area contributed by atoms with Gasteiger partial charge in [0.2, 0.25) is 0 Å². The van der Waals surface area contributed by atoms with E-state index in [4.69, 9.17) is 4.74 Å². The summed E-state index contributed by atoms with van der Waals surface area (Å²) in [6.45, 7) is 3.73. The summed E-state index contributed by atoms with van der Waals surface area (Å²) in [6.07, 6.45) is -0.502. The Labute approximate surface area is 129 Å². The molecule has 100 valence electrons. The van der Waals surface area contributed by atoms with Gasteiger partial charge in [0.25, 0.3) is 0 Å². The number of ether oxygens (including phenoxy) is 1. The van der Waals surface area contributed by atoms with Crippen LogP contribution in [0.25, 0.3) is 0 Å². The molecule has 2 nitrogen and oxygen atoms in total. The third-order valence-corrected chi connectivity index (χ3v) is 3.97. The summed E-state index contributed by atoms with van der Waals surface area (Å²) in [6, 6.07) is 11.5. The number of rotatable bonds is 3. The van der Waals surface area contributed by atoms with Gasteiger partial charge in [0.15, 0.2) is 0 Å². The van der Waals surface area contributed by atoms with Crippen LogP contribution in [-0.4, -0.2) is 5.11 Å². The number of aryl methyl sites for hydroxylation is 1. The summed E-state index contributed by atoms with van der Waals surface area (Å²) in [5.41, 5.74) is 1.91. The number of hydrogen-bond acceptors (Lipinski definition) is 2. The van der Waals surface area contributed by atoms with Crippen molar-refractivity contribution in [1.29, 1.82) is 0 Å². The Balaban J connectivity index is 2.26. The zero-order valence-corrected chi connectivity index (χ0v) is 13.8. The van der Waals surface area contributed by atoms with E-state index < -0.39 is 6.10 Å². The molecule has 0 radical (unpaired) electrons. The molecular weight excluding hydrogens is 372 g/mol. The van der Waals surface area contributed by atoms with Crippen LogP contribution in [0, 0.1) is 6.92 Å². The lowest BCUT2D eigenvalue weighted by molar-refractivity contribution is 0.198. The van der Waals surface area contributed by atoms with E-state index in [1.165, 1.54) is 0 Å². The minimum Gasteiger partial charge on any atom is -0.457 e. The van der Waals surface area contributed by atoms with Crippen LogP contribution in [-0.2, 0) is 0 Å². The Morgan fingerprint density at radius 2 is 1.84 bits per heavy atom. The zero-order chi connectivity index (χ0) is 14.0. The summed E-state index contributed by atoms with van der Waals surface area (Å²) < 4.78 is 7.72. The van der Waals surface area contributed by atoms with Gasteiger partial charge in [0.1, 0.15) is 11.5 Å². The van der Waals surface area contributed by atoms with Crippen LogP contribution in [0.3, 0.4) is 0 Å². The molecule has 0 bridgehead atoms. The lowest BCUT2D eigenvalue weighted by Crippen LogP contribution is -1.94. The van der Waals surface area contributed by atoms with Crippen molar-refractivity contribution in [1.82, 2.24) is 0 Å². The summed E-state index contributed by atoms with van der Waals surface area (Å²) in [4.78, 5) is 0. The Morgan fingerprint density at radius 1 is 1.11 bits per heavy atom. The number of aliphatic hydroxyl groups is 1. The van der Waals surface area contributed by atoms with Crippen molar-refractivity contribution in [2.75, 3.05) is 0 Å².